The molecule has 1 saturated heterocycles. The Balaban J connectivity index is 1.59. The van der Waals surface area contributed by atoms with Crippen molar-refractivity contribution in [2.45, 2.75) is 32.7 Å². The van der Waals surface area contributed by atoms with E-state index in [1.165, 1.54) is 0 Å². The largest absolute Gasteiger partial charge is 0.491 e. The van der Waals surface area contributed by atoms with Gasteiger partial charge in [-0.15, -0.1) is 0 Å². The Kier molecular flexibility index (Phi) is 6.02. The van der Waals surface area contributed by atoms with Crippen molar-refractivity contribution in [2.24, 2.45) is 0 Å². The molecular weight excluding hydrogens is 392 g/mol. The van der Waals surface area contributed by atoms with Gasteiger partial charge in [-0.1, -0.05) is 48.5 Å². The Hall–Kier alpha value is -3.22. The number of aryl methyl sites for hydroxylation is 1. The lowest BCUT2D eigenvalue weighted by Crippen LogP contribution is -2.25. The van der Waals surface area contributed by atoms with E-state index in [0.29, 0.717) is 24.7 Å². The van der Waals surface area contributed by atoms with Crippen LogP contribution in [-0.4, -0.2) is 36.0 Å². The second-order valence-electron chi connectivity index (χ2n) is 7.97. The second-order valence-corrected chi connectivity index (χ2v) is 7.97. The van der Waals surface area contributed by atoms with Gasteiger partial charge in [0.2, 0.25) is 0 Å². The monoisotopic (exact) mass is 418 g/mol. The predicted molar refractivity (Wildman–Crippen MR) is 119 cm³/mol. The van der Waals surface area contributed by atoms with Crippen molar-refractivity contribution >= 4 is 11.6 Å². The number of carbonyl (C=O) groups excluding carboxylic acids is 1. The van der Waals surface area contributed by atoms with Crippen LogP contribution in [0.2, 0.25) is 0 Å². The number of hydrogen-bond donors (Lipinski definition) is 1. The first-order valence-corrected chi connectivity index (χ1v) is 10.3. The molecule has 1 fully saturated rings. The van der Waals surface area contributed by atoms with Crippen molar-refractivity contribution in [3.05, 3.63) is 78.0 Å². The molecule has 4 rings (SSSR count). The summed E-state index contributed by atoms with van der Waals surface area (Å²) < 4.78 is 17.4. The third kappa shape index (κ3) is 5.29. The Morgan fingerprint density at radius 1 is 1.13 bits per heavy atom. The molecule has 1 unspecified atom stereocenters. The maximum Gasteiger partial charge on any atom is 0.274 e. The van der Waals surface area contributed by atoms with Gasteiger partial charge in [0.25, 0.3) is 5.91 Å². The summed E-state index contributed by atoms with van der Waals surface area (Å²) in [6.07, 6.45) is -0.174. The minimum absolute atomic E-state index is 0.174. The van der Waals surface area contributed by atoms with Crippen LogP contribution in [0.1, 0.15) is 29.9 Å². The summed E-state index contributed by atoms with van der Waals surface area (Å²) >= 11 is 0. The molecule has 6 heteroatoms. The third-order valence-corrected chi connectivity index (χ3v) is 5.00. The molecule has 31 heavy (non-hydrogen) atoms. The van der Waals surface area contributed by atoms with Gasteiger partial charge in [0.05, 0.1) is 12.3 Å². The van der Waals surface area contributed by atoms with E-state index in [4.69, 9.17) is 14.2 Å². The quantitative estimate of drug-likeness (QED) is 0.620. The Morgan fingerprint density at radius 2 is 1.87 bits per heavy atom. The fourth-order valence-corrected chi connectivity index (χ4v) is 3.40. The minimum atomic E-state index is -0.611. The maximum absolute atomic E-state index is 13.0. The number of nitrogens with zero attached hydrogens (tertiary/aromatic N) is 1. The Morgan fingerprint density at radius 3 is 2.58 bits per heavy atom. The summed E-state index contributed by atoms with van der Waals surface area (Å²) in [5.41, 5.74) is 3.58. The molecule has 1 aromatic heterocycles. The van der Waals surface area contributed by atoms with Crippen LogP contribution in [0.3, 0.4) is 0 Å². The van der Waals surface area contributed by atoms with Crippen LogP contribution in [0.5, 0.6) is 5.75 Å². The number of nitrogens with one attached hydrogen (secondary N) is 1. The van der Waals surface area contributed by atoms with Gasteiger partial charge in [-0.05, 0) is 32.4 Å². The number of aromatic nitrogens is 1. The molecular formula is C25H26N2O4. The first kappa shape index (κ1) is 21.0. The average molecular weight is 418 g/mol. The van der Waals surface area contributed by atoms with Gasteiger partial charge < -0.3 is 19.5 Å². The fourth-order valence-electron chi connectivity index (χ4n) is 3.40. The predicted octanol–water partition coefficient (Wildman–Crippen LogP) is 4.84. The zero-order valence-electron chi connectivity index (χ0n) is 17.9. The number of anilines is 1. The van der Waals surface area contributed by atoms with Crippen LogP contribution in [0.15, 0.2) is 66.7 Å². The van der Waals surface area contributed by atoms with Crippen molar-refractivity contribution in [1.29, 1.82) is 0 Å². The van der Waals surface area contributed by atoms with Crippen molar-refractivity contribution in [2.75, 3.05) is 18.5 Å². The molecule has 1 aliphatic heterocycles. The molecule has 0 saturated carbocycles. The minimum Gasteiger partial charge on any atom is -0.491 e. The molecule has 160 valence electrons. The summed E-state index contributed by atoms with van der Waals surface area (Å²) in [6, 6.07) is 20.8. The van der Waals surface area contributed by atoms with E-state index in [9.17, 15) is 4.79 Å². The Labute approximate surface area is 182 Å². The third-order valence-electron chi connectivity index (χ3n) is 5.00. The van der Waals surface area contributed by atoms with Gasteiger partial charge in [0.15, 0.2) is 5.79 Å². The highest BCUT2D eigenvalue weighted by atomic mass is 16.7. The molecule has 1 N–H and O–H groups in total. The van der Waals surface area contributed by atoms with Gasteiger partial charge in [-0.3, -0.25) is 4.79 Å². The Bertz CT molecular complexity index is 1070. The van der Waals surface area contributed by atoms with E-state index in [0.717, 1.165) is 16.8 Å². The number of rotatable bonds is 6. The van der Waals surface area contributed by atoms with Gasteiger partial charge in [-0.2, -0.15) is 0 Å². The van der Waals surface area contributed by atoms with Gasteiger partial charge in [0.1, 0.15) is 24.2 Å². The molecule has 6 nitrogen and oxygen atoms in total. The molecule has 0 aliphatic carbocycles. The summed E-state index contributed by atoms with van der Waals surface area (Å²) in [5, 5.41) is 2.94. The second kappa shape index (κ2) is 8.88. The number of benzene rings is 2. The number of ether oxygens (including phenoxy) is 3. The van der Waals surface area contributed by atoms with Crippen LogP contribution >= 0.6 is 0 Å². The van der Waals surface area contributed by atoms with E-state index in [2.05, 4.69) is 10.3 Å². The fraction of sp³-hybridized carbons (Fsp3) is 0.280. The molecule has 1 amide bonds. The molecule has 0 radical (unpaired) electrons. The van der Waals surface area contributed by atoms with E-state index < -0.39 is 5.79 Å². The normalized spacial score (nSPS) is 17.3. The topological polar surface area (TPSA) is 69.7 Å². The lowest BCUT2D eigenvalue weighted by molar-refractivity contribution is -0.141. The number of hydrogen-bond acceptors (Lipinski definition) is 5. The molecule has 1 aliphatic rings. The van der Waals surface area contributed by atoms with Crippen molar-refractivity contribution in [3.8, 4) is 17.0 Å². The first-order valence-electron chi connectivity index (χ1n) is 10.3. The summed E-state index contributed by atoms with van der Waals surface area (Å²) in [6.45, 7) is 6.48. The van der Waals surface area contributed by atoms with Crippen LogP contribution in [0.4, 0.5) is 5.69 Å². The average Bonchev–Trinajstić information content (AvgIpc) is 3.13. The molecule has 2 aromatic carbocycles. The van der Waals surface area contributed by atoms with Crippen molar-refractivity contribution < 1.29 is 19.0 Å². The van der Waals surface area contributed by atoms with E-state index in [1.807, 2.05) is 81.4 Å². The van der Waals surface area contributed by atoms with E-state index in [-0.39, 0.29) is 17.7 Å². The number of pyridine rings is 1. The molecule has 2 heterocycles. The molecule has 0 bridgehead atoms. The van der Waals surface area contributed by atoms with E-state index >= 15 is 0 Å². The highest BCUT2D eigenvalue weighted by molar-refractivity contribution is 6.03. The van der Waals surface area contributed by atoms with Crippen LogP contribution in [0, 0.1) is 6.92 Å². The van der Waals surface area contributed by atoms with Gasteiger partial charge in [-0.25, -0.2) is 4.98 Å². The lowest BCUT2D eigenvalue weighted by atomic mass is 10.1. The van der Waals surface area contributed by atoms with E-state index in [1.54, 1.807) is 6.07 Å². The lowest BCUT2D eigenvalue weighted by Gasteiger charge is -2.17. The summed E-state index contributed by atoms with van der Waals surface area (Å²) in [5.74, 6) is -0.351. The van der Waals surface area contributed by atoms with Crippen LogP contribution in [0.25, 0.3) is 11.3 Å². The van der Waals surface area contributed by atoms with Crippen molar-refractivity contribution in [1.82, 2.24) is 4.98 Å². The first-order chi connectivity index (χ1) is 14.9. The smallest absolute Gasteiger partial charge is 0.274 e. The molecule has 0 spiro atoms. The number of para-hydroxylation sites is 1. The van der Waals surface area contributed by atoms with Crippen LogP contribution in [-0.2, 0) is 9.47 Å². The number of carbonyl (C=O) groups is 1. The van der Waals surface area contributed by atoms with Gasteiger partial charge in [0, 0.05) is 23.4 Å². The highest BCUT2D eigenvalue weighted by Crippen LogP contribution is 2.26. The van der Waals surface area contributed by atoms with Crippen molar-refractivity contribution in [3.63, 3.8) is 0 Å². The summed E-state index contributed by atoms with van der Waals surface area (Å²) in [4.78, 5) is 17.6. The van der Waals surface area contributed by atoms with Gasteiger partial charge >= 0.3 is 0 Å². The SMILES string of the molecule is Cc1ccccc1NC(=O)c1cc(OCC2COC(C)(C)O2)cc(-c2ccccc2)n1. The van der Waals surface area contributed by atoms with Crippen LogP contribution < -0.4 is 10.1 Å². The summed E-state index contributed by atoms with van der Waals surface area (Å²) in [7, 11) is 0. The molecule has 3 aromatic rings. The maximum atomic E-state index is 13.0. The molecule has 1 atom stereocenters. The number of amides is 1. The highest BCUT2D eigenvalue weighted by Gasteiger charge is 2.33. The standard InChI is InChI=1S/C25H26N2O4/c1-17-9-7-8-12-21(17)27-24(28)23-14-19(29-15-20-16-30-25(2,3)31-20)13-22(26-23)18-10-5-4-6-11-18/h4-14,20H,15-16H2,1-3H3,(H,27,28). The zero-order chi connectivity index (χ0) is 21.8. The zero-order valence-corrected chi connectivity index (χ0v) is 17.9.